The summed E-state index contributed by atoms with van der Waals surface area (Å²) in [5.74, 6) is -0.179. The largest absolute Gasteiger partial charge is 0.339 e. The van der Waals surface area contributed by atoms with Gasteiger partial charge in [0.25, 0.3) is 17.7 Å². The van der Waals surface area contributed by atoms with E-state index in [0.29, 0.717) is 41.4 Å². The molecule has 3 aromatic carbocycles. The van der Waals surface area contributed by atoms with Crippen molar-refractivity contribution in [3.8, 4) is 0 Å². The van der Waals surface area contributed by atoms with Gasteiger partial charge in [0.1, 0.15) is 0 Å². The summed E-state index contributed by atoms with van der Waals surface area (Å²) < 4.78 is 0. The number of imide groups is 1. The maximum absolute atomic E-state index is 13.2. The SMILES string of the molecule is O=C(c1cccc(N2C(=O)c3ccccc3C2=O)c1)N1CCC(Cc2ccccc2)CC1. The van der Waals surface area contributed by atoms with Crippen molar-refractivity contribution >= 4 is 23.4 Å². The molecule has 0 unspecified atom stereocenters. The lowest BCUT2D eigenvalue weighted by molar-refractivity contribution is 0.0689. The number of carbonyl (C=O) groups excluding carboxylic acids is 3. The van der Waals surface area contributed by atoms with E-state index >= 15 is 0 Å². The zero-order valence-electron chi connectivity index (χ0n) is 17.7. The molecule has 1 saturated heterocycles. The highest BCUT2D eigenvalue weighted by atomic mass is 16.2. The molecule has 5 rings (SSSR count). The van der Waals surface area contributed by atoms with Crippen LogP contribution in [0.2, 0.25) is 0 Å². The van der Waals surface area contributed by atoms with Crippen LogP contribution >= 0.6 is 0 Å². The standard InChI is InChI=1S/C27H24N2O3/c30-25(28-15-13-20(14-16-28)17-19-7-2-1-3-8-19)21-9-6-10-22(18-21)29-26(31)23-11-4-5-12-24(23)27(29)32/h1-12,18,20H,13-17H2. The summed E-state index contributed by atoms with van der Waals surface area (Å²) in [7, 11) is 0. The van der Waals surface area contributed by atoms with Crippen LogP contribution < -0.4 is 4.90 Å². The molecule has 160 valence electrons. The van der Waals surface area contributed by atoms with E-state index in [-0.39, 0.29) is 17.7 Å². The molecule has 5 heteroatoms. The van der Waals surface area contributed by atoms with Crippen LogP contribution in [0, 0.1) is 5.92 Å². The first-order valence-electron chi connectivity index (χ1n) is 11.0. The number of anilines is 1. The van der Waals surface area contributed by atoms with Crippen molar-refractivity contribution in [1.29, 1.82) is 0 Å². The fourth-order valence-electron chi connectivity index (χ4n) is 4.67. The van der Waals surface area contributed by atoms with Crippen LogP contribution in [0.5, 0.6) is 0 Å². The molecule has 5 nitrogen and oxygen atoms in total. The van der Waals surface area contributed by atoms with Crippen LogP contribution in [0.3, 0.4) is 0 Å². The lowest BCUT2D eigenvalue weighted by Crippen LogP contribution is -2.39. The highest BCUT2D eigenvalue weighted by Gasteiger charge is 2.36. The van der Waals surface area contributed by atoms with Gasteiger partial charge >= 0.3 is 0 Å². The summed E-state index contributed by atoms with van der Waals surface area (Å²) in [6.45, 7) is 1.43. The molecular weight excluding hydrogens is 400 g/mol. The van der Waals surface area contributed by atoms with E-state index in [0.717, 1.165) is 24.2 Å². The van der Waals surface area contributed by atoms with Gasteiger partial charge in [-0.25, -0.2) is 4.90 Å². The van der Waals surface area contributed by atoms with Crippen LogP contribution in [0.25, 0.3) is 0 Å². The van der Waals surface area contributed by atoms with Crippen LogP contribution in [0.15, 0.2) is 78.9 Å². The Morgan fingerprint density at radius 3 is 2.06 bits per heavy atom. The van der Waals surface area contributed by atoms with E-state index in [1.165, 1.54) is 5.56 Å². The number of benzene rings is 3. The molecule has 0 saturated carbocycles. The molecule has 0 aromatic heterocycles. The van der Waals surface area contributed by atoms with Crippen molar-refractivity contribution in [1.82, 2.24) is 4.90 Å². The predicted molar refractivity (Wildman–Crippen MR) is 123 cm³/mol. The molecule has 0 aliphatic carbocycles. The average Bonchev–Trinajstić information content (AvgIpc) is 3.10. The smallest absolute Gasteiger partial charge is 0.266 e. The maximum atomic E-state index is 13.2. The summed E-state index contributed by atoms with van der Waals surface area (Å²) >= 11 is 0. The highest BCUT2D eigenvalue weighted by Crippen LogP contribution is 2.29. The first-order valence-corrected chi connectivity index (χ1v) is 11.0. The molecule has 2 aliphatic heterocycles. The molecule has 0 spiro atoms. The molecular formula is C27H24N2O3. The number of nitrogens with zero attached hydrogens (tertiary/aromatic N) is 2. The average molecular weight is 425 g/mol. The summed E-state index contributed by atoms with van der Waals surface area (Å²) in [6, 6.07) is 24.1. The van der Waals surface area contributed by atoms with Gasteiger partial charge in [0, 0.05) is 18.7 Å². The normalized spacial score (nSPS) is 16.4. The lowest BCUT2D eigenvalue weighted by Gasteiger charge is -2.32. The van der Waals surface area contributed by atoms with Gasteiger partial charge in [0.15, 0.2) is 0 Å². The number of carbonyl (C=O) groups is 3. The molecule has 3 amide bonds. The molecule has 0 bridgehead atoms. The van der Waals surface area contributed by atoms with Crippen molar-refractivity contribution in [2.24, 2.45) is 5.92 Å². The van der Waals surface area contributed by atoms with E-state index in [2.05, 4.69) is 24.3 Å². The van der Waals surface area contributed by atoms with Crippen LogP contribution in [0.1, 0.15) is 49.5 Å². The molecule has 0 atom stereocenters. The fourth-order valence-corrected chi connectivity index (χ4v) is 4.67. The van der Waals surface area contributed by atoms with Gasteiger partial charge in [-0.3, -0.25) is 14.4 Å². The van der Waals surface area contributed by atoms with E-state index in [1.807, 2.05) is 11.0 Å². The second kappa shape index (κ2) is 8.42. The Morgan fingerprint density at radius 1 is 0.781 bits per heavy atom. The molecule has 0 N–H and O–H groups in total. The third-order valence-electron chi connectivity index (χ3n) is 6.41. The minimum atomic E-state index is -0.350. The van der Waals surface area contributed by atoms with E-state index in [9.17, 15) is 14.4 Å². The molecule has 3 aromatic rings. The second-order valence-corrected chi connectivity index (χ2v) is 8.47. The highest BCUT2D eigenvalue weighted by molar-refractivity contribution is 6.34. The van der Waals surface area contributed by atoms with E-state index in [1.54, 1.807) is 48.5 Å². The Bertz CT molecular complexity index is 1150. The van der Waals surface area contributed by atoms with Crippen molar-refractivity contribution in [2.75, 3.05) is 18.0 Å². The van der Waals surface area contributed by atoms with Gasteiger partial charge in [-0.2, -0.15) is 0 Å². The van der Waals surface area contributed by atoms with Gasteiger partial charge in [-0.05, 0) is 61.1 Å². The first-order chi connectivity index (χ1) is 15.6. The van der Waals surface area contributed by atoms with Crippen molar-refractivity contribution in [3.63, 3.8) is 0 Å². The minimum absolute atomic E-state index is 0.0541. The first kappa shape index (κ1) is 20.2. The zero-order chi connectivity index (χ0) is 22.1. The zero-order valence-corrected chi connectivity index (χ0v) is 17.7. The van der Waals surface area contributed by atoms with Gasteiger partial charge in [-0.1, -0.05) is 48.5 Å². The number of likely N-dealkylation sites (tertiary alicyclic amines) is 1. The van der Waals surface area contributed by atoms with Crippen molar-refractivity contribution < 1.29 is 14.4 Å². The Kier molecular flexibility index (Phi) is 5.31. The summed E-state index contributed by atoms with van der Waals surface area (Å²) in [4.78, 5) is 41.8. The Hall–Kier alpha value is -3.73. The molecule has 2 heterocycles. The monoisotopic (exact) mass is 424 g/mol. The molecule has 32 heavy (non-hydrogen) atoms. The molecule has 0 radical (unpaired) electrons. The van der Waals surface area contributed by atoms with E-state index < -0.39 is 0 Å². The topological polar surface area (TPSA) is 57.7 Å². The third kappa shape index (κ3) is 3.71. The van der Waals surface area contributed by atoms with E-state index in [4.69, 9.17) is 0 Å². The predicted octanol–water partition coefficient (Wildman–Crippen LogP) is 4.58. The summed E-state index contributed by atoms with van der Waals surface area (Å²) in [5.41, 5.74) is 3.07. The number of piperidine rings is 1. The fraction of sp³-hybridized carbons (Fsp3) is 0.222. The molecule has 1 fully saturated rings. The number of fused-ring (bicyclic) bond motifs is 1. The number of hydrogen-bond donors (Lipinski definition) is 0. The third-order valence-corrected chi connectivity index (χ3v) is 6.41. The second-order valence-electron chi connectivity index (χ2n) is 8.47. The maximum Gasteiger partial charge on any atom is 0.266 e. The van der Waals surface area contributed by atoms with Crippen molar-refractivity contribution in [2.45, 2.75) is 19.3 Å². The molecule has 2 aliphatic rings. The lowest BCUT2D eigenvalue weighted by atomic mass is 9.90. The van der Waals surface area contributed by atoms with Crippen LogP contribution in [0.4, 0.5) is 5.69 Å². The Balaban J connectivity index is 1.28. The van der Waals surface area contributed by atoms with Crippen LogP contribution in [-0.2, 0) is 6.42 Å². The van der Waals surface area contributed by atoms with Gasteiger partial charge < -0.3 is 4.90 Å². The summed E-state index contributed by atoms with van der Waals surface area (Å²) in [5, 5.41) is 0. The quantitative estimate of drug-likeness (QED) is 0.576. The Morgan fingerprint density at radius 2 is 1.41 bits per heavy atom. The summed E-state index contributed by atoms with van der Waals surface area (Å²) in [6.07, 6.45) is 2.98. The minimum Gasteiger partial charge on any atom is -0.339 e. The van der Waals surface area contributed by atoms with Gasteiger partial charge in [-0.15, -0.1) is 0 Å². The van der Waals surface area contributed by atoms with Gasteiger partial charge in [0.05, 0.1) is 16.8 Å². The number of amides is 3. The van der Waals surface area contributed by atoms with Gasteiger partial charge in [0.2, 0.25) is 0 Å². The number of hydrogen-bond acceptors (Lipinski definition) is 3. The Labute approximate surface area is 187 Å². The number of rotatable bonds is 4. The van der Waals surface area contributed by atoms with Crippen molar-refractivity contribution in [3.05, 3.63) is 101 Å². The van der Waals surface area contributed by atoms with Crippen LogP contribution in [-0.4, -0.2) is 35.7 Å².